The second-order valence-corrected chi connectivity index (χ2v) is 14.8. The third-order valence-electron chi connectivity index (χ3n) is 8.23. The number of ketones is 1. The van der Waals surface area contributed by atoms with Gasteiger partial charge in [0.15, 0.2) is 5.78 Å². The number of nitrogens with zero attached hydrogens (tertiary/aromatic N) is 4. The highest BCUT2D eigenvalue weighted by atomic mass is 32.2. The minimum absolute atomic E-state index is 0.149. The van der Waals surface area contributed by atoms with Crippen LogP contribution in [0.25, 0.3) is 0 Å². The summed E-state index contributed by atoms with van der Waals surface area (Å²) in [5.41, 5.74) is 4.48. The lowest BCUT2D eigenvalue weighted by molar-refractivity contribution is 0.0988. The number of nitrogens with two attached hydrogens (primary N) is 1. The molecular formula is C28H29F2N5O6S2. The monoisotopic (exact) mass is 633 g/mol. The van der Waals surface area contributed by atoms with Crippen LogP contribution in [0.2, 0.25) is 0 Å². The topological polar surface area (TPSA) is 152 Å². The summed E-state index contributed by atoms with van der Waals surface area (Å²) in [6, 6.07) is 11.1. The lowest BCUT2D eigenvalue weighted by Crippen LogP contribution is -2.66. The van der Waals surface area contributed by atoms with Gasteiger partial charge in [0.1, 0.15) is 33.4 Å². The number of methoxy groups -OCH3 is 1. The lowest BCUT2D eigenvalue weighted by atomic mass is 9.77. The Hall–Kier alpha value is -3.95. The molecule has 228 valence electrons. The Morgan fingerprint density at radius 3 is 2.44 bits per heavy atom. The summed E-state index contributed by atoms with van der Waals surface area (Å²) in [6.45, 7) is 0.583. The first-order valence-corrected chi connectivity index (χ1v) is 16.0. The van der Waals surface area contributed by atoms with Crippen molar-refractivity contribution in [2.45, 2.75) is 34.9 Å². The van der Waals surface area contributed by atoms with E-state index < -0.39 is 54.5 Å². The minimum atomic E-state index is -4.43. The predicted molar refractivity (Wildman–Crippen MR) is 153 cm³/mol. The van der Waals surface area contributed by atoms with Gasteiger partial charge in [-0.3, -0.25) is 4.79 Å². The van der Waals surface area contributed by atoms with Crippen molar-refractivity contribution < 1.29 is 35.1 Å². The molecule has 2 N–H and O–H groups in total. The number of rotatable bonds is 7. The Morgan fingerprint density at radius 2 is 1.81 bits per heavy atom. The normalized spacial score (nSPS) is 23.7. The number of hydrogen-bond donors (Lipinski definition) is 1. The maximum absolute atomic E-state index is 15.7. The van der Waals surface area contributed by atoms with E-state index in [1.54, 1.807) is 6.07 Å². The van der Waals surface area contributed by atoms with Crippen LogP contribution >= 0.6 is 0 Å². The van der Waals surface area contributed by atoms with E-state index >= 15 is 4.39 Å². The molecule has 2 aliphatic rings. The summed E-state index contributed by atoms with van der Waals surface area (Å²) in [4.78, 5) is 21.3. The number of aliphatic imine (C=N–C) groups is 1. The Labute approximate surface area is 248 Å². The zero-order valence-corrected chi connectivity index (χ0v) is 25.1. The third-order valence-corrected chi connectivity index (χ3v) is 12.7. The van der Waals surface area contributed by atoms with Crippen LogP contribution in [0.1, 0.15) is 35.0 Å². The molecule has 3 aromatic rings. The van der Waals surface area contributed by atoms with Gasteiger partial charge in [0.05, 0.1) is 18.2 Å². The maximum atomic E-state index is 15.7. The molecule has 2 aliphatic heterocycles. The van der Waals surface area contributed by atoms with Crippen molar-refractivity contribution in [2.24, 2.45) is 10.7 Å². The van der Waals surface area contributed by atoms with E-state index in [0.717, 1.165) is 38.9 Å². The van der Waals surface area contributed by atoms with Crippen molar-refractivity contribution in [3.8, 4) is 5.75 Å². The number of guanidine groups is 1. The van der Waals surface area contributed by atoms with Gasteiger partial charge in [-0.15, -0.1) is 0 Å². The van der Waals surface area contributed by atoms with Gasteiger partial charge < -0.3 is 10.5 Å². The number of pyridine rings is 1. The predicted octanol–water partition coefficient (Wildman–Crippen LogP) is 2.43. The summed E-state index contributed by atoms with van der Waals surface area (Å²) in [5.74, 6) is -1.77. The van der Waals surface area contributed by atoms with Gasteiger partial charge in [0.25, 0.3) is 0 Å². The molecule has 0 saturated carbocycles. The van der Waals surface area contributed by atoms with Crippen LogP contribution in [0.15, 0.2) is 70.7 Å². The van der Waals surface area contributed by atoms with E-state index in [1.807, 2.05) is 0 Å². The molecular weight excluding hydrogens is 604 g/mol. The fourth-order valence-electron chi connectivity index (χ4n) is 5.66. The average Bonchev–Trinajstić information content (AvgIpc) is 3.46. The minimum Gasteiger partial charge on any atom is -0.495 e. The van der Waals surface area contributed by atoms with Crippen LogP contribution in [-0.2, 0) is 32.0 Å². The molecule has 3 heterocycles. The van der Waals surface area contributed by atoms with Crippen molar-refractivity contribution in [3.05, 3.63) is 89.2 Å². The highest BCUT2D eigenvalue weighted by molar-refractivity contribution is 7.91. The molecule has 0 bridgehead atoms. The Kier molecular flexibility index (Phi) is 7.55. The fourth-order valence-corrected chi connectivity index (χ4v) is 9.38. The van der Waals surface area contributed by atoms with Gasteiger partial charge in [-0.2, -0.15) is 4.31 Å². The third kappa shape index (κ3) is 4.84. The smallest absolute Gasteiger partial charge is 0.247 e. The summed E-state index contributed by atoms with van der Waals surface area (Å²) < 4.78 is 89.2. The molecule has 0 amide bonds. The van der Waals surface area contributed by atoms with E-state index in [-0.39, 0.29) is 41.3 Å². The summed E-state index contributed by atoms with van der Waals surface area (Å²) >= 11 is 0. The van der Waals surface area contributed by atoms with Gasteiger partial charge in [0, 0.05) is 32.1 Å². The highest BCUT2D eigenvalue weighted by Gasteiger charge is 2.67. The largest absolute Gasteiger partial charge is 0.495 e. The molecule has 11 nitrogen and oxygen atoms in total. The van der Waals surface area contributed by atoms with Crippen molar-refractivity contribution in [2.75, 3.05) is 27.2 Å². The number of halogens is 2. The van der Waals surface area contributed by atoms with Crippen LogP contribution in [0.3, 0.4) is 0 Å². The van der Waals surface area contributed by atoms with Crippen molar-refractivity contribution >= 4 is 31.8 Å². The number of benzene rings is 2. The first kappa shape index (κ1) is 30.5. The van der Waals surface area contributed by atoms with Gasteiger partial charge in [-0.25, -0.2) is 39.9 Å². The quantitative estimate of drug-likeness (QED) is 0.390. The zero-order chi connectivity index (χ0) is 31.4. The summed E-state index contributed by atoms with van der Waals surface area (Å²) in [5, 5.41) is 0. The van der Waals surface area contributed by atoms with Gasteiger partial charge >= 0.3 is 0 Å². The van der Waals surface area contributed by atoms with E-state index in [9.17, 15) is 26.0 Å². The first-order valence-electron chi connectivity index (χ1n) is 13.1. The number of carbonyl (C=O) groups is 1. The van der Waals surface area contributed by atoms with Crippen LogP contribution < -0.4 is 10.5 Å². The zero-order valence-electron chi connectivity index (χ0n) is 23.5. The van der Waals surface area contributed by atoms with Gasteiger partial charge in [0.2, 0.25) is 26.0 Å². The van der Waals surface area contributed by atoms with Crippen molar-refractivity contribution in [1.82, 2.24) is 13.6 Å². The fraction of sp³-hybridized carbons (Fsp3) is 0.321. The molecule has 1 saturated heterocycles. The lowest BCUT2D eigenvalue weighted by Gasteiger charge is -2.48. The number of ether oxygens (including phenoxy) is 1. The number of carbonyl (C=O) groups excluding carboxylic acids is 1. The molecule has 0 aliphatic carbocycles. The molecule has 0 radical (unpaired) electrons. The molecule has 43 heavy (non-hydrogen) atoms. The Bertz CT molecular complexity index is 1840. The van der Waals surface area contributed by atoms with Crippen LogP contribution in [-0.4, -0.2) is 74.2 Å². The summed E-state index contributed by atoms with van der Waals surface area (Å²) in [6.07, 6.45) is 0.958. The Morgan fingerprint density at radius 1 is 1.12 bits per heavy atom. The van der Waals surface area contributed by atoms with E-state index in [4.69, 9.17) is 10.5 Å². The first-order chi connectivity index (χ1) is 20.2. The van der Waals surface area contributed by atoms with E-state index in [0.29, 0.717) is 11.3 Å². The number of aromatic nitrogens is 1. The van der Waals surface area contributed by atoms with Crippen LogP contribution in [0.5, 0.6) is 5.75 Å². The molecule has 1 aromatic heterocycles. The molecule has 15 heteroatoms. The van der Waals surface area contributed by atoms with Crippen molar-refractivity contribution in [3.63, 3.8) is 0 Å². The highest BCUT2D eigenvalue weighted by Crippen LogP contribution is 2.52. The van der Waals surface area contributed by atoms with Crippen LogP contribution in [0.4, 0.5) is 8.78 Å². The number of Topliss-reactive ketones (excluding diaryl/α,β-unsaturated/α-hetero) is 1. The molecule has 2 atom stereocenters. The maximum Gasteiger partial charge on any atom is 0.247 e. The Balaban J connectivity index is 1.58. The molecule has 5 rings (SSSR count). The van der Waals surface area contributed by atoms with Crippen LogP contribution in [0, 0.1) is 11.6 Å². The SMILES string of the molecule is COc1ccc(C(=O)Cc2ccc(F)c([C@@]3(C)N=C(N)N(C)S(=O)(=O)[C@]34CCN(S(=O)(=O)c3ccc(F)cc3)C4)c2)nc1. The second-order valence-electron chi connectivity index (χ2n) is 10.5. The summed E-state index contributed by atoms with van der Waals surface area (Å²) in [7, 11) is -6.04. The van der Waals surface area contributed by atoms with E-state index in [1.165, 1.54) is 45.5 Å². The standard InChI is InChI=1S/C28H29F2N5O6S2/c1-27(22-14-18(4-10-23(22)30)15-25(36)24-11-7-20(41-3)16-32-24)28(43(39,40)34(2)26(31)33-27)12-13-35(17-28)42(37,38)21-8-5-19(29)6-9-21/h4-11,14,16H,12-13,15,17H2,1-3H3,(H2,31,33)/t27-,28+/m1/s1. The van der Waals surface area contributed by atoms with E-state index in [2.05, 4.69) is 9.98 Å². The van der Waals surface area contributed by atoms with Crippen molar-refractivity contribution in [1.29, 1.82) is 0 Å². The number of sulfonamides is 2. The molecule has 1 fully saturated rings. The number of hydrogen-bond acceptors (Lipinski definition) is 9. The molecule has 0 unspecified atom stereocenters. The van der Waals surface area contributed by atoms with Gasteiger partial charge in [-0.1, -0.05) is 6.07 Å². The average molecular weight is 634 g/mol. The second kappa shape index (κ2) is 10.6. The van der Waals surface area contributed by atoms with Gasteiger partial charge in [-0.05, 0) is 67.4 Å². The molecule has 1 spiro atoms. The molecule has 2 aromatic carbocycles.